The van der Waals surface area contributed by atoms with Crippen LogP contribution in [0.1, 0.15) is 52.0 Å². The number of ether oxygens (including phenoxy) is 1. The van der Waals surface area contributed by atoms with E-state index in [4.69, 9.17) is 4.74 Å². The van der Waals surface area contributed by atoms with Crippen molar-refractivity contribution in [3.05, 3.63) is 59.2 Å². The quantitative estimate of drug-likeness (QED) is 0.448. The number of anilines is 2. The topological polar surface area (TPSA) is 115 Å². The number of carbonyl (C=O) groups is 4. The number of imide groups is 1. The van der Waals surface area contributed by atoms with Crippen molar-refractivity contribution in [1.82, 2.24) is 20.4 Å². The van der Waals surface area contributed by atoms with Gasteiger partial charge >= 0.3 is 0 Å². The number of likely N-dealkylation sites (N-methyl/N-ethyl adjacent to an activating group) is 1. The van der Waals surface area contributed by atoms with E-state index in [0.29, 0.717) is 37.2 Å². The number of nitrogens with zero attached hydrogens (tertiary/aromatic N) is 4. The van der Waals surface area contributed by atoms with Gasteiger partial charge in [0.25, 0.3) is 11.8 Å². The van der Waals surface area contributed by atoms with Gasteiger partial charge in [-0.1, -0.05) is 0 Å². The van der Waals surface area contributed by atoms with Crippen LogP contribution < -0.4 is 20.4 Å². The van der Waals surface area contributed by atoms with Crippen LogP contribution >= 0.6 is 0 Å². The average molecular weight is 589 g/mol. The fraction of sp³-hybridized carbons (Fsp3) is 0.500. The van der Waals surface area contributed by atoms with Crippen LogP contribution in [0.2, 0.25) is 0 Å². The average Bonchev–Trinajstić information content (AvgIpc) is 3.36. The Labute approximate surface area is 252 Å². The predicted molar refractivity (Wildman–Crippen MR) is 162 cm³/mol. The minimum absolute atomic E-state index is 0.00648. The number of amides is 4. The van der Waals surface area contributed by atoms with Gasteiger partial charge in [-0.05, 0) is 73.8 Å². The highest BCUT2D eigenvalue weighted by atomic mass is 16.5. The van der Waals surface area contributed by atoms with E-state index in [1.54, 1.807) is 9.80 Å². The first-order valence-electron chi connectivity index (χ1n) is 15.3. The van der Waals surface area contributed by atoms with E-state index in [0.717, 1.165) is 69.0 Å². The monoisotopic (exact) mass is 588 g/mol. The molecule has 4 aliphatic heterocycles. The van der Waals surface area contributed by atoms with Gasteiger partial charge < -0.3 is 29.7 Å². The maximum atomic E-state index is 13.0. The van der Waals surface area contributed by atoms with Crippen LogP contribution in [0.25, 0.3) is 0 Å². The molecule has 4 amide bonds. The summed E-state index contributed by atoms with van der Waals surface area (Å²) in [5.41, 5.74) is 4.36. The molecule has 4 aliphatic rings. The van der Waals surface area contributed by atoms with Crippen LogP contribution in [0, 0.1) is 0 Å². The number of fused-ring (bicyclic) bond motifs is 1. The van der Waals surface area contributed by atoms with E-state index in [2.05, 4.69) is 26.5 Å². The van der Waals surface area contributed by atoms with Crippen molar-refractivity contribution in [1.29, 1.82) is 0 Å². The summed E-state index contributed by atoms with van der Waals surface area (Å²) in [6.07, 6.45) is 3.04. The number of nitrogens with one attached hydrogen (secondary N) is 2. The Hall–Kier alpha value is -3.96. The third-order valence-electron chi connectivity index (χ3n) is 9.01. The smallest absolute Gasteiger partial charge is 0.255 e. The molecular formula is C32H40N6O5. The molecule has 43 heavy (non-hydrogen) atoms. The van der Waals surface area contributed by atoms with Gasteiger partial charge in [0.15, 0.2) is 0 Å². The normalized spacial score (nSPS) is 22.4. The number of rotatable bonds is 8. The zero-order valence-electron chi connectivity index (χ0n) is 24.7. The summed E-state index contributed by atoms with van der Waals surface area (Å²) in [6, 6.07) is 13.1. The molecule has 0 radical (unpaired) electrons. The lowest BCUT2D eigenvalue weighted by Gasteiger charge is -2.37. The first-order chi connectivity index (χ1) is 20.9. The summed E-state index contributed by atoms with van der Waals surface area (Å²) in [6.45, 7) is 6.72. The molecule has 3 saturated heterocycles. The van der Waals surface area contributed by atoms with Crippen LogP contribution in [0.4, 0.5) is 11.4 Å². The van der Waals surface area contributed by atoms with Gasteiger partial charge in [-0.15, -0.1) is 0 Å². The van der Waals surface area contributed by atoms with Crippen molar-refractivity contribution < 1.29 is 23.9 Å². The SMILES string of the molecule is CN(CCO[C@@H]1CCCNC1)C(=O)c1ccc(N2CCN(c3ccc4c(c3)CN([C@@H]3CCC(=O)NC3=O)C4=O)CC2)cc1. The van der Waals surface area contributed by atoms with Crippen molar-refractivity contribution >= 4 is 35.0 Å². The fourth-order valence-electron chi connectivity index (χ4n) is 6.44. The largest absolute Gasteiger partial charge is 0.375 e. The number of piperazine rings is 1. The molecule has 2 aromatic carbocycles. The maximum absolute atomic E-state index is 13.0. The molecule has 3 fully saturated rings. The highest BCUT2D eigenvalue weighted by Gasteiger charge is 2.39. The lowest BCUT2D eigenvalue weighted by atomic mass is 10.0. The van der Waals surface area contributed by atoms with Crippen LogP contribution in [-0.2, 0) is 20.9 Å². The van der Waals surface area contributed by atoms with E-state index in [1.807, 2.05) is 43.4 Å². The minimum atomic E-state index is -0.607. The fourth-order valence-corrected chi connectivity index (χ4v) is 6.44. The summed E-state index contributed by atoms with van der Waals surface area (Å²) in [5, 5.41) is 5.70. The van der Waals surface area contributed by atoms with Crippen LogP contribution in [-0.4, -0.2) is 105 Å². The van der Waals surface area contributed by atoms with E-state index >= 15 is 0 Å². The summed E-state index contributed by atoms with van der Waals surface area (Å²) in [7, 11) is 1.82. The summed E-state index contributed by atoms with van der Waals surface area (Å²) >= 11 is 0. The Kier molecular flexibility index (Phi) is 8.62. The molecule has 0 spiro atoms. The molecular weight excluding hydrogens is 548 g/mol. The minimum Gasteiger partial charge on any atom is -0.375 e. The number of hydrogen-bond acceptors (Lipinski definition) is 8. The molecule has 2 N–H and O–H groups in total. The molecule has 4 heterocycles. The molecule has 6 rings (SSSR count). The highest BCUT2D eigenvalue weighted by Crippen LogP contribution is 2.31. The Bertz CT molecular complexity index is 1370. The zero-order chi connectivity index (χ0) is 29.9. The molecule has 0 unspecified atom stereocenters. The van der Waals surface area contributed by atoms with Gasteiger partial charge in [-0.2, -0.15) is 0 Å². The number of piperidine rings is 2. The number of hydrogen-bond donors (Lipinski definition) is 2. The lowest BCUT2D eigenvalue weighted by Crippen LogP contribution is -2.52. The molecule has 0 aromatic heterocycles. The van der Waals surface area contributed by atoms with Crippen molar-refractivity contribution in [3.63, 3.8) is 0 Å². The van der Waals surface area contributed by atoms with Gasteiger partial charge in [0, 0.05) is 81.8 Å². The van der Waals surface area contributed by atoms with Gasteiger partial charge in [0.1, 0.15) is 6.04 Å². The van der Waals surface area contributed by atoms with Crippen LogP contribution in [0.3, 0.4) is 0 Å². The molecule has 228 valence electrons. The summed E-state index contributed by atoms with van der Waals surface area (Å²) in [4.78, 5) is 57.8. The van der Waals surface area contributed by atoms with Gasteiger partial charge in [0.2, 0.25) is 11.8 Å². The van der Waals surface area contributed by atoms with Gasteiger partial charge in [-0.3, -0.25) is 24.5 Å². The second-order valence-corrected chi connectivity index (χ2v) is 11.8. The Morgan fingerprint density at radius 1 is 0.977 bits per heavy atom. The van der Waals surface area contributed by atoms with E-state index in [1.165, 1.54) is 0 Å². The van der Waals surface area contributed by atoms with E-state index in [-0.39, 0.29) is 30.2 Å². The van der Waals surface area contributed by atoms with Crippen molar-refractivity contribution in [2.75, 3.05) is 69.3 Å². The highest BCUT2D eigenvalue weighted by molar-refractivity contribution is 6.05. The van der Waals surface area contributed by atoms with Crippen LogP contribution in [0.15, 0.2) is 42.5 Å². The zero-order valence-corrected chi connectivity index (χ0v) is 24.7. The van der Waals surface area contributed by atoms with Crippen molar-refractivity contribution in [3.8, 4) is 0 Å². The third kappa shape index (κ3) is 6.37. The number of benzene rings is 2. The molecule has 2 aromatic rings. The first kappa shape index (κ1) is 29.1. The van der Waals surface area contributed by atoms with Gasteiger partial charge in [-0.25, -0.2) is 0 Å². The van der Waals surface area contributed by atoms with E-state index in [9.17, 15) is 19.2 Å². The maximum Gasteiger partial charge on any atom is 0.255 e. The molecule has 0 aliphatic carbocycles. The van der Waals surface area contributed by atoms with E-state index < -0.39 is 11.9 Å². The number of carbonyl (C=O) groups excluding carboxylic acids is 4. The predicted octanol–water partition coefficient (Wildman–Crippen LogP) is 1.61. The van der Waals surface area contributed by atoms with Crippen LogP contribution in [0.5, 0.6) is 0 Å². The Morgan fingerprint density at radius 2 is 1.70 bits per heavy atom. The third-order valence-corrected chi connectivity index (χ3v) is 9.01. The Balaban J connectivity index is 0.997. The molecule has 11 heteroatoms. The molecule has 0 bridgehead atoms. The lowest BCUT2D eigenvalue weighted by molar-refractivity contribution is -0.136. The van der Waals surface area contributed by atoms with Crippen molar-refractivity contribution in [2.24, 2.45) is 0 Å². The molecule has 11 nitrogen and oxygen atoms in total. The van der Waals surface area contributed by atoms with Gasteiger partial charge in [0.05, 0.1) is 12.7 Å². The second kappa shape index (κ2) is 12.7. The summed E-state index contributed by atoms with van der Waals surface area (Å²) < 4.78 is 5.93. The second-order valence-electron chi connectivity index (χ2n) is 11.8. The van der Waals surface area contributed by atoms with Crippen molar-refractivity contribution in [2.45, 2.75) is 44.4 Å². The molecule has 0 saturated carbocycles. The first-order valence-corrected chi connectivity index (χ1v) is 15.3. The summed E-state index contributed by atoms with van der Waals surface area (Å²) in [5.74, 6) is -0.837. The Morgan fingerprint density at radius 3 is 2.40 bits per heavy atom. The molecule has 2 atom stereocenters. The standard InChI is InChI=1S/C32H40N6O5/c1-35(17-18-43-26-3-2-12-33-20-26)31(41)22-4-6-24(7-5-22)36-13-15-37(16-14-36)25-8-9-27-23(19-25)21-38(32(27)42)28-10-11-29(39)34-30(28)40/h4-9,19,26,28,33H,2-3,10-18,20-21H2,1H3,(H,34,39,40)/t26-,28-/m1/s1.